The van der Waals surface area contributed by atoms with E-state index < -0.39 is 5.41 Å². The molecule has 118 valence electrons. The van der Waals surface area contributed by atoms with Crippen molar-refractivity contribution in [3.8, 4) is 0 Å². The number of rotatable bonds is 6. The third-order valence-corrected chi connectivity index (χ3v) is 3.50. The Morgan fingerprint density at radius 2 is 1.43 bits per heavy atom. The van der Waals surface area contributed by atoms with Crippen molar-refractivity contribution in [1.82, 2.24) is 0 Å². The van der Waals surface area contributed by atoms with Gasteiger partial charge in [-0.25, -0.2) is 0 Å². The Hall–Kier alpha value is -1.35. The molecule has 0 bridgehead atoms. The summed E-state index contributed by atoms with van der Waals surface area (Å²) < 4.78 is 11.1. The molecule has 0 fully saturated rings. The summed E-state index contributed by atoms with van der Waals surface area (Å²) >= 11 is 0. The topological polar surface area (TPSA) is 35.5 Å². The lowest BCUT2D eigenvalue weighted by Gasteiger charge is -2.20. The Morgan fingerprint density at radius 3 is 1.86 bits per heavy atom. The summed E-state index contributed by atoms with van der Waals surface area (Å²) in [6.45, 7) is 12.8. The molecule has 0 radical (unpaired) electrons. The van der Waals surface area contributed by atoms with Crippen LogP contribution in [0, 0.1) is 5.41 Å². The SMILES string of the molecule is CCC(C)(C)C(=O)OCc1ccc(COC(C)(C)C)cc1. The van der Waals surface area contributed by atoms with Gasteiger partial charge in [0.25, 0.3) is 0 Å². The lowest BCUT2D eigenvalue weighted by Crippen LogP contribution is -2.25. The smallest absolute Gasteiger partial charge is 0.311 e. The number of benzene rings is 1. The van der Waals surface area contributed by atoms with Gasteiger partial charge >= 0.3 is 5.97 Å². The maximum Gasteiger partial charge on any atom is 0.311 e. The quantitative estimate of drug-likeness (QED) is 0.725. The fraction of sp³-hybridized carbons (Fsp3) is 0.611. The van der Waals surface area contributed by atoms with Crippen molar-refractivity contribution >= 4 is 5.97 Å². The molecule has 3 nitrogen and oxygen atoms in total. The van der Waals surface area contributed by atoms with Crippen LogP contribution in [0.3, 0.4) is 0 Å². The summed E-state index contributed by atoms with van der Waals surface area (Å²) in [5.41, 5.74) is 1.56. The van der Waals surface area contributed by atoms with Gasteiger partial charge in [0.1, 0.15) is 6.61 Å². The molecule has 0 amide bonds. The third kappa shape index (κ3) is 6.30. The number of esters is 1. The molecule has 0 spiro atoms. The van der Waals surface area contributed by atoms with Gasteiger partial charge in [0.05, 0.1) is 17.6 Å². The van der Waals surface area contributed by atoms with E-state index in [1.165, 1.54) is 0 Å². The number of carbonyl (C=O) groups is 1. The standard InChI is InChI=1S/C18H28O3/c1-7-18(5,6)16(19)20-12-14-8-10-15(11-9-14)13-21-17(2,3)4/h8-11H,7,12-13H2,1-6H3. The first-order chi connectivity index (χ1) is 9.64. The second-order valence-electron chi connectivity index (χ2n) is 7.03. The van der Waals surface area contributed by atoms with Crippen LogP contribution in [0.15, 0.2) is 24.3 Å². The molecule has 0 aromatic heterocycles. The van der Waals surface area contributed by atoms with Crippen LogP contribution in [0.4, 0.5) is 0 Å². The Balaban J connectivity index is 2.50. The van der Waals surface area contributed by atoms with Crippen molar-refractivity contribution in [2.75, 3.05) is 0 Å². The number of carbonyl (C=O) groups excluding carboxylic acids is 1. The second kappa shape index (κ2) is 7.08. The van der Waals surface area contributed by atoms with E-state index in [2.05, 4.69) is 0 Å². The zero-order chi connectivity index (χ0) is 16.1. The van der Waals surface area contributed by atoms with Crippen LogP contribution < -0.4 is 0 Å². The van der Waals surface area contributed by atoms with Gasteiger partial charge in [0.2, 0.25) is 0 Å². The molecule has 21 heavy (non-hydrogen) atoms. The number of hydrogen-bond acceptors (Lipinski definition) is 3. The lowest BCUT2D eigenvalue weighted by atomic mass is 9.91. The van der Waals surface area contributed by atoms with E-state index in [0.29, 0.717) is 13.2 Å². The first kappa shape index (κ1) is 17.7. The summed E-state index contributed by atoms with van der Waals surface area (Å²) in [7, 11) is 0. The minimum absolute atomic E-state index is 0.139. The molecule has 0 unspecified atom stereocenters. The Labute approximate surface area is 128 Å². The van der Waals surface area contributed by atoms with Gasteiger partial charge in [-0.05, 0) is 52.2 Å². The van der Waals surface area contributed by atoms with Crippen molar-refractivity contribution in [1.29, 1.82) is 0 Å². The summed E-state index contributed by atoms with van der Waals surface area (Å²) in [5.74, 6) is -0.148. The van der Waals surface area contributed by atoms with E-state index in [4.69, 9.17) is 9.47 Å². The molecule has 0 N–H and O–H groups in total. The number of ether oxygens (including phenoxy) is 2. The lowest BCUT2D eigenvalue weighted by molar-refractivity contribution is -0.155. The third-order valence-electron chi connectivity index (χ3n) is 3.50. The summed E-state index contributed by atoms with van der Waals surface area (Å²) in [4.78, 5) is 11.9. The maximum absolute atomic E-state index is 11.9. The molecule has 0 heterocycles. The maximum atomic E-state index is 11.9. The van der Waals surface area contributed by atoms with Crippen molar-refractivity contribution in [2.24, 2.45) is 5.41 Å². The van der Waals surface area contributed by atoms with Gasteiger partial charge in [0, 0.05) is 0 Å². The fourth-order valence-corrected chi connectivity index (χ4v) is 1.52. The van der Waals surface area contributed by atoms with Crippen molar-refractivity contribution in [3.63, 3.8) is 0 Å². The van der Waals surface area contributed by atoms with Gasteiger partial charge in [-0.2, -0.15) is 0 Å². The van der Waals surface area contributed by atoms with Gasteiger partial charge in [-0.3, -0.25) is 4.79 Å². The molecular formula is C18H28O3. The van der Waals surface area contributed by atoms with Crippen molar-refractivity contribution < 1.29 is 14.3 Å². The summed E-state index contributed by atoms with van der Waals surface area (Å²) in [6, 6.07) is 7.99. The highest BCUT2D eigenvalue weighted by molar-refractivity contribution is 5.75. The van der Waals surface area contributed by atoms with E-state index in [1.54, 1.807) is 0 Å². The summed E-state index contributed by atoms with van der Waals surface area (Å²) in [6.07, 6.45) is 0.773. The second-order valence-corrected chi connectivity index (χ2v) is 7.03. The van der Waals surface area contributed by atoms with Crippen LogP contribution in [0.25, 0.3) is 0 Å². The van der Waals surface area contributed by atoms with E-state index >= 15 is 0 Å². The Morgan fingerprint density at radius 1 is 0.952 bits per heavy atom. The van der Waals surface area contributed by atoms with Gasteiger partial charge in [-0.15, -0.1) is 0 Å². The molecule has 0 atom stereocenters. The average molecular weight is 292 g/mol. The predicted octanol–water partition coefficient (Wildman–Crippen LogP) is 4.48. The van der Waals surface area contributed by atoms with Crippen LogP contribution >= 0.6 is 0 Å². The molecule has 1 rings (SSSR count). The van der Waals surface area contributed by atoms with Gasteiger partial charge < -0.3 is 9.47 Å². The minimum atomic E-state index is -0.416. The Bertz CT molecular complexity index is 452. The van der Waals surface area contributed by atoms with Crippen LogP contribution in [0.2, 0.25) is 0 Å². The van der Waals surface area contributed by atoms with Crippen LogP contribution in [0.5, 0.6) is 0 Å². The van der Waals surface area contributed by atoms with E-state index in [1.807, 2.05) is 65.8 Å². The number of hydrogen-bond donors (Lipinski definition) is 0. The van der Waals surface area contributed by atoms with Gasteiger partial charge in [-0.1, -0.05) is 31.2 Å². The monoisotopic (exact) mass is 292 g/mol. The molecule has 0 aliphatic carbocycles. The summed E-state index contributed by atoms with van der Waals surface area (Å²) in [5, 5.41) is 0. The average Bonchev–Trinajstić information content (AvgIpc) is 2.42. The molecule has 1 aromatic carbocycles. The van der Waals surface area contributed by atoms with E-state index in [9.17, 15) is 4.79 Å². The molecule has 0 aliphatic heterocycles. The van der Waals surface area contributed by atoms with Crippen LogP contribution in [-0.2, 0) is 27.5 Å². The zero-order valence-electron chi connectivity index (χ0n) is 14.2. The molecule has 0 saturated heterocycles. The predicted molar refractivity (Wildman–Crippen MR) is 84.9 cm³/mol. The van der Waals surface area contributed by atoms with E-state index in [-0.39, 0.29) is 11.6 Å². The highest BCUT2D eigenvalue weighted by atomic mass is 16.5. The van der Waals surface area contributed by atoms with E-state index in [0.717, 1.165) is 17.5 Å². The fourth-order valence-electron chi connectivity index (χ4n) is 1.52. The highest BCUT2D eigenvalue weighted by Crippen LogP contribution is 2.22. The highest BCUT2D eigenvalue weighted by Gasteiger charge is 2.26. The normalized spacial score (nSPS) is 12.3. The Kier molecular flexibility index (Phi) is 5.97. The molecule has 0 saturated carbocycles. The first-order valence-electron chi connectivity index (χ1n) is 7.53. The first-order valence-corrected chi connectivity index (χ1v) is 7.53. The van der Waals surface area contributed by atoms with Crippen LogP contribution in [0.1, 0.15) is 59.1 Å². The minimum Gasteiger partial charge on any atom is -0.460 e. The van der Waals surface area contributed by atoms with Gasteiger partial charge in [0.15, 0.2) is 0 Å². The largest absolute Gasteiger partial charge is 0.460 e. The van der Waals surface area contributed by atoms with Crippen molar-refractivity contribution in [2.45, 2.75) is 66.8 Å². The molecule has 0 aliphatic rings. The zero-order valence-corrected chi connectivity index (χ0v) is 14.2. The van der Waals surface area contributed by atoms with Crippen molar-refractivity contribution in [3.05, 3.63) is 35.4 Å². The molecule has 3 heteroatoms. The van der Waals surface area contributed by atoms with Crippen LogP contribution in [-0.4, -0.2) is 11.6 Å². The molecule has 1 aromatic rings. The molecular weight excluding hydrogens is 264 g/mol.